The van der Waals surface area contributed by atoms with E-state index in [0.717, 1.165) is 19.4 Å². The molecule has 1 unspecified atom stereocenters. The predicted octanol–water partition coefficient (Wildman–Crippen LogP) is 2.43. The number of anilines is 1. The fourth-order valence-electron chi connectivity index (χ4n) is 2.04. The first kappa shape index (κ1) is 15.6. The summed E-state index contributed by atoms with van der Waals surface area (Å²) < 4.78 is 10.0. The monoisotopic (exact) mass is 312 g/mol. The molecule has 1 aliphatic rings. The highest BCUT2D eigenvalue weighted by Crippen LogP contribution is 2.23. The number of rotatable bonds is 4. The minimum absolute atomic E-state index is 0.0626. The van der Waals surface area contributed by atoms with Crippen molar-refractivity contribution in [1.29, 1.82) is 0 Å². The molecule has 1 atom stereocenters. The zero-order chi connectivity index (χ0) is 15.2. The number of methoxy groups -OCH3 is 1. The number of halogens is 1. The second-order valence-electron chi connectivity index (χ2n) is 4.66. The molecule has 0 aliphatic carbocycles. The van der Waals surface area contributed by atoms with Gasteiger partial charge in [0, 0.05) is 13.2 Å². The van der Waals surface area contributed by atoms with Gasteiger partial charge in [0.25, 0.3) is 0 Å². The number of hydrogen-bond acceptors (Lipinski definition) is 4. The third-order valence-electron chi connectivity index (χ3n) is 3.15. The first-order chi connectivity index (χ1) is 10.1. The van der Waals surface area contributed by atoms with Gasteiger partial charge in [-0.15, -0.1) is 0 Å². The fraction of sp³-hybridized carbons (Fsp3) is 0.429. The van der Waals surface area contributed by atoms with Crippen molar-refractivity contribution in [3.63, 3.8) is 0 Å². The molecule has 6 nitrogen and oxygen atoms in total. The number of esters is 1. The van der Waals surface area contributed by atoms with Crippen molar-refractivity contribution in [2.45, 2.75) is 18.9 Å². The van der Waals surface area contributed by atoms with Crippen molar-refractivity contribution in [2.24, 2.45) is 0 Å². The molecule has 2 amide bonds. The Bertz CT molecular complexity index is 530. The number of urea groups is 1. The van der Waals surface area contributed by atoms with Crippen molar-refractivity contribution in [2.75, 3.05) is 25.6 Å². The van der Waals surface area contributed by atoms with E-state index in [-0.39, 0.29) is 6.10 Å². The second kappa shape index (κ2) is 7.28. The lowest BCUT2D eigenvalue weighted by atomic mass is 10.2. The summed E-state index contributed by atoms with van der Waals surface area (Å²) in [5, 5.41) is 5.66. The number of amides is 2. The van der Waals surface area contributed by atoms with Crippen LogP contribution in [0.2, 0.25) is 5.02 Å². The highest BCUT2D eigenvalue weighted by molar-refractivity contribution is 6.33. The molecule has 2 N–H and O–H groups in total. The molecule has 0 bridgehead atoms. The Labute approximate surface area is 127 Å². The molecular formula is C14H17ClN2O4. The smallest absolute Gasteiger partial charge is 0.337 e. The average Bonchev–Trinajstić information content (AvgIpc) is 3.00. The number of nitrogens with one attached hydrogen (secondary N) is 2. The molecule has 0 saturated carbocycles. The molecule has 2 rings (SSSR count). The van der Waals surface area contributed by atoms with E-state index < -0.39 is 12.0 Å². The first-order valence-corrected chi connectivity index (χ1v) is 7.02. The van der Waals surface area contributed by atoms with Crippen LogP contribution in [0.1, 0.15) is 23.2 Å². The Morgan fingerprint density at radius 2 is 2.29 bits per heavy atom. The molecule has 21 heavy (non-hydrogen) atoms. The third-order valence-corrected chi connectivity index (χ3v) is 3.48. The highest BCUT2D eigenvalue weighted by Gasteiger charge is 2.17. The van der Waals surface area contributed by atoms with Crippen LogP contribution in [0.3, 0.4) is 0 Å². The topological polar surface area (TPSA) is 76.7 Å². The van der Waals surface area contributed by atoms with Crippen molar-refractivity contribution >= 4 is 29.3 Å². The van der Waals surface area contributed by atoms with E-state index in [9.17, 15) is 9.59 Å². The molecule has 1 aromatic rings. The van der Waals surface area contributed by atoms with Crippen LogP contribution in [0.25, 0.3) is 0 Å². The molecule has 114 valence electrons. The maximum atomic E-state index is 11.8. The largest absolute Gasteiger partial charge is 0.465 e. The minimum atomic E-state index is -0.491. The zero-order valence-electron chi connectivity index (χ0n) is 11.6. The van der Waals surface area contributed by atoms with E-state index in [1.807, 2.05) is 0 Å². The van der Waals surface area contributed by atoms with E-state index in [2.05, 4.69) is 15.4 Å². The van der Waals surface area contributed by atoms with Gasteiger partial charge in [0.05, 0.1) is 29.5 Å². The Kier molecular flexibility index (Phi) is 5.41. The Hall–Kier alpha value is -1.79. The van der Waals surface area contributed by atoms with E-state index in [1.165, 1.54) is 25.3 Å². The molecule has 1 aliphatic heterocycles. The van der Waals surface area contributed by atoms with Gasteiger partial charge >= 0.3 is 12.0 Å². The Morgan fingerprint density at radius 3 is 2.95 bits per heavy atom. The maximum Gasteiger partial charge on any atom is 0.337 e. The molecule has 0 spiro atoms. The van der Waals surface area contributed by atoms with E-state index in [1.54, 1.807) is 0 Å². The van der Waals surface area contributed by atoms with Gasteiger partial charge in [-0.2, -0.15) is 0 Å². The van der Waals surface area contributed by atoms with Gasteiger partial charge in [0.2, 0.25) is 0 Å². The summed E-state index contributed by atoms with van der Waals surface area (Å²) in [5.41, 5.74) is 0.667. The number of benzene rings is 1. The van der Waals surface area contributed by atoms with Gasteiger partial charge in [-0.1, -0.05) is 11.6 Å². The molecule has 1 fully saturated rings. The number of carbonyl (C=O) groups excluding carboxylic acids is 2. The van der Waals surface area contributed by atoms with Crippen molar-refractivity contribution in [1.82, 2.24) is 5.32 Å². The van der Waals surface area contributed by atoms with Crippen LogP contribution < -0.4 is 10.6 Å². The van der Waals surface area contributed by atoms with Crippen LogP contribution in [-0.2, 0) is 9.47 Å². The van der Waals surface area contributed by atoms with Crippen LogP contribution in [-0.4, -0.2) is 38.4 Å². The minimum Gasteiger partial charge on any atom is -0.465 e. The summed E-state index contributed by atoms with van der Waals surface area (Å²) in [6.07, 6.45) is 2.02. The molecule has 1 heterocycles. The molecule has 7 heteroatoms. The van der Waals surface area contributed by atoms with Gasteiger partial charge < -0.3 is 20.1 Å². The number of hydrogen-bond donors (Lipinski definition) is 2. The van der Waals surface area contributed by atoms with Gasteiger partial charge in [-0.3, -0.25) is 0 Å². The number of ether oxygens (including phenoxy) is 2. The summed E-state index contributed by atoms with van der Waals surface area (Å²) in [4.78, 5) is 23.3. The van der Waals surface area contributed by atoms with Crippen LogP contribution in [0.15, 0.2) is 18.2 Å². The molecule has 0 radical (unpaired) electrons. The lowest BCUT2D eigenvalue weighted by Crippen LogP contribution is -2.35. The van der Waals surface area contributed by atoms with Gasteiger partial charge in [0.1, 0.15) is 0 Å². The normalized spacial score (nSPS) is 17.3. The van der Waals surface area contributed by atoms with Crippen LogP contribution in [0.5, 0.6) is 0 Å². The van der Waals surface area contributed by atoms with Crippen molar-refractivity contribution in [3.8, 4) is 0 Å². The predicted molar refractivity (Wildman–Crippen MR) is 78.8 cm³/mol. The summed E-state index contributed by atoms with van der Waals surface area (Å²) in [5.74, 6) is -0.491. The summed E-state index contributed by atoms with van der Waals surface area (Å²) >= 11 is 6.00. The Balaban J connectivity index is 1.94. The molecule has 0 aromatic heterocycles. The zero-order valence-corrected chi connectivity index (χ0v) is 12.4. The average molecular weight is 313 g/mol. The highest BCUT2D eigenvalue weighted by atomic mass is 35.5. The molecular weight excluding hydrogens is 296 g/mol. The summed E-state index contributed by atoms with van der Waals surface area (Å²) in [6, 6.07) is 4.14. The van der Waals surface area contributed by atoms with Gasteiger partial charge in [-0.25, -0.2) is 9.59 Å². The molecule has 1 saturated heterocycles. The maximum absolute atomic E-state index is 11.8. The quantitative estimate of drug-likeness (QED) is 0.837. The van der Waals surface area contributed by atoms with Crippen LogP contribution in [0.4, 0.5) is 10.5 Å². The van der Waals surface area contributed by atoms with Crippen molar-refractivity contribution in [3.05, 3.63) is 28.8 Å². The lowest BCUT2D eigenvalue weighted by Gasteiger charge is -2.13. The standard InChI is InChI=1S/C14H17ClN2O4/c1-20-13(18)9-4-5-11(15)12(7-9)17-14(19)16-8-10-3-2-6-21-10/h4-5,7,10H,2-3,6,8H2,1H3,(H2,16,17,19). The second-order valence-corrected chi connectivity index (χ2v) is 5.06. The first-order valence-electron chi connectivity index (χ1n) is 6.64. The van der Waals surface area contributed by atoms with Crippen LogP contribution in [0, 0.1) is 0 Å². The lowest BCUT2D eigenvalue weighted by molar-refractivity contribution is 0.0600. The van der Waals surface area contributed by atoms with Crippen molar-refractivity contribution < 1.29 is 19.1 Å². The third kappa shape index (κ3) is 4.34. The van der Waals surface area contributed by atoms with Gasteiger partial charge in [0.15, 0.2) is 0 Å². The van der Waals surface area contributed by atoms with Gasteiger partial charge in [-0.05, 0) is 31.0 Å². The Morgan fingerprint density at radius 1 is 1.48 bits per heavy atom. The van der Waals surface area contributed by atoms with Crippen LogP contribution >= 0.6 is 11.6 Å². The molecule has 1 aromatic carbocycles. The van der Waals surface area contributed by atoms with E-state index in [4.69, 9.17) is 16.3 Å². The number of carbonyl (C=O) groups is 2. The summed E-state index contributed by atoms with van der Waals surface area (Å²) in [7, 11) is 1.29. The summed E-state index contributed by atoms with van der Waals surface area (Å²) in [6.45, 7) is 1.18. The van der Waals surface area contributed by atoms with E-state index >= 15 is 0 Å². The SMILES string of the molecule is COC(=O)c1ccc(Cl)c(NC(=O)NCC2CCCO2)c1. The fourth-order valence-corrected chi connectivity index (χ4v) is 2.21. The van der Waals surface area contributed by atoms with E-state index in [0.29, 0.717) is 22.8 Å².